The van der Waals surface area contributed by atoms with Crippen molar-refractivity contribution in [3.05, 3.63) is 58.7 Å². The van der Waals surface area contributed by atoms with Crippen molar-refractivity contribution in [3.8, 4) is 11.5 Å². The molecule has 2 atom stereocenters. The Hall–Kier alpha value is -2.30. The average Bonchev–Trinajstić information content (AvgIpc) is 3.14. The third-order valence-corrected chi connectivity index (χ3v) is 6.55. The van der Waals surface area contributed by atoms with Crippen molar-refractivity contribution in [3.63, 3.8) is 0 Å². The maximum Gasteiger partial charge on any atom is 0.534 e. The fourth-order valence-corrected chi connectivity index (χ4v) is 4.41. The number of hydrogen-bond donors (Lipinski definition) is 0. The summed E-state index contributed by atoms with van der Waals surface area (Å²) in [5.74, 6) is -0.287. The molecule has 2 unspecified atom stereocenters. The van der Waals surface area contributed by atoms with Gasteiger partial charge in [0, 0.05) is 5.92 Å². The van der Waals surface area contributed by atoms with E-state index in [0.717, 1.165) is 28.9 Å². The molecule has 208 valence electrons. The van der Waals surface area contributed by atoms with Gasteiger partial charge < -0.3 is 18.4 Å². The van der Waals surface area contributed by atoms with Gasteiger partial charge in [-0.05, 0) is 68.5 Å². The van der Waals surface area contributed by atoms with Crippen LogP contribution in [0.3, 0.4) is 0 Å². The summed E-state index contributed by atoms with van der Waals surface area (Å²) in [6, 6.07) is 10.3. The maximum absolute atomic E-state index is 12.6. The second-order valence-electron chi connectivity index (χ2n) is 9.46. The lowest BCUT2D eigenvalue weighted by atomic mass is 9.87. The minimum absolute atomic E-state index is 0.0490. The van der Waals surface area contributed by atoms with Crippen molar-refractivity contribution in [1.29, 1.82) is 0 Å². The summed E-state index contributed by atoms with van der Waals surface area (Å²) in [7, 11) is -5.72. The maximum atomic E-state index is 12.6. The zero-order chi connectivity index (χ0) is 28.0. The van der Waals surface area contributed by atoms with Gasteiger partial charge in [0.2, 0.25) is 0 Å². The van der Waals surface area contributed by atoms with E-state index in [1.807, 2.05) is 45.9 Å². The zero-order valence-electron chi connectivity index (χ0n) is 22.4. The summed E-state index contributed by atoms with van der Waals surface area (Å²) in [4.78, 5) is 0. The smallest absolute Gasteiger partial charge is 0.491 e. The van der Waals surface area contributed by atoms with Crippen LogP contribution in [0.5, 0.6) is 11.5 Å². The van der Waals surface area contributed by atoms with Gasteiger partial charge in [0.05, 0.1) is 6.61 Å². The lowest BCUT2D eigenvalue weighted by Gasteiger charge is -2.20. The normalized spacial score (nSPS) is 18.1. The Morgan fingerprint density at radius 3 is 1.92 bits per heavy atom. The summed E-state index contributed by atoms with van der Waals surface area (Å²) in [5.41, 5.74) is -2.42. The van der Waals surface area contributed by atoms with Crippen LogP contribution in [0.1, 0.15) is 75.6 Å². The molecule has 0 N–H and O–H groups in total. The number of hydrogen-bond acceptors (Lipinski definition) is 6. The molecule has 0 bridgehead atoms. The molecule has 1 aliphatic rings. The molecule has 2 aromatic carbocycles. The topological polar surface area (TPSA) is 71.1 Å². The van der Waals surface area contributed by atoms with Crippen LogP contribution in [0, 0.1) is 13.8 Å². The van der Waals surface area contributed by atoms with E-state index in [4.69, 9.17) is 14.2 Å². The number of aryl methyl sites for hydroxylation is 2. The van der Waals surface area contributed by atoms with Gasteiger partial charge in [0.1, 0.15) is 24.2 Å². The first-order valence-electron chi connectivity index (χ1n) is 12.3. The Kier molecular flexibility index (Phi) is 10.4. The molecule has 1 fully saturated rings. The van der Waals surface area contributed by atoms with Gasteiger partial charge in [-0.3, -0.25) is 0 Å². The monoisotopic (exact) mass is 546 g/mol. The van der Waals surface area contributed by atoms with Crippen LogP contribution in [0.4, 0.5) is 13.2 Å². The summed E-state index contributed by atoms with van der Waals surface area (Å²) in [6.07, 6.45) is 1.82. The first-order valence-corrected chi connectivity index (χ1v) is 13.7. The highest BCUT2D eigenvalue weighted by molar-refractivity contribution is 7.88. The number of alkyl halides is 3. The largest absolute Gasteiger partial charge is 0.534 e. The molecule has 2 aromatic rings. The molecule has 1 aliphatic heterocycles. The van der Waals surface area contributed by atoms with Crippen molar-refractivity contribution < 1.29 is 40.0 Å². The van der Waals surface area contributed by atoms with Crippen molar-refractivity contribution in [2.75, 3.05) is 13.2 Å². The van der Waals surface area contributed by atoms with Gasteiger partial charge in [-0.1, -0.05) is 51.5 Å². The van der Waals surface area contributed by atoms with Gasteiger partial charge in [-0.25, -0.2) is 0 Å². The second kappa shape index (κ2) is 12.5. The molecule has 0 aromatic heterocycles. The molecule has 0 radical (unpaired) electrons. The minimum Gasteiger partial charge on any atom is -0.491 e. The molecule has 1 heterocycles. The molecular weight excluding hydrogens is 509 g/mol. The van der Waals surface area contributed by atoms with Crippen molar-refractivity contribution >= 4 is 10.1 Å². The number of benzene rings is 2. The first-order chi connectivity index (χ1) is 17.1. The van der Waals surface area contributed by atoms with Crippen LogP contribution in [0.15, 0.2) is 36.4 Å². The average molecular weight is 547 g/mol. The van der Waals surface area contributed by atoms with E-state index in [-0.39, 0.29) is 17.8 Å². The van der Waals surface area contributed by atoms with Crippen molar-refractivity contribution in [2.24, 2.45) is 0 Å². The molecule has 3 rings (SSSR count). The number of ether oxygens (including phenoxy) is 3. The van der Waals surface area contributed by atoms with E-state index < -0.39 is 21.4 Å². The molecule has 37 heavy (non-hydrogen) atoms. The fourth-order valence-electron chi connectivity index (χ4n) is 3.89. The Balaban J connectivity index is 0.00000153. The summed E-state index contributed by atoms with van der Waals surface area (Å²) < 4.78 is 82.1. The van der Waals surface area contributed by atoms with Crippen LogP contribution in [0.25, 0.3) is 0 Å². The van der Waals surface area contributed by atoms with Gasteiger partial charge >= 0.3 is 15.6 Å². The summed E-state index contributed by atoms with van der Waals surface area (Å²) in [5, 5.41) is 0. The molecule has 0 saturated carbocycles. The van der Waals surface area contributed by atoms with Crippen LogP contribution in [-0.4, -0.2) is 39.0 Å². The fraction of sp³-hybridized carbons (Fsp3) is 0.556. The molecule has 0 spiro atoms. The quantitative estimate of drug-likeness (QED) is 0.262. The number of rotatable bonds is 8. The zero-order valence-corrected chi connectivity index (χ0v) is 23.3. The summed E-state index contributed by atoms with van der Waals surface area (Å²) in [6.45, 7) is 14.2. The van der Waals surface area contributed by atoms with Gasteiger partial charge in [0.25, 0.3) is 0 Å². The van der Waals surface area contributed by atoms with Gasteiger partial charge in [-0.15, -0.1) is 0 Å². The Bertz CT molecular complexity index is 1150. The van der Waals surface area contributed by atoms with Gasteiger partial charge in [0.15, 0.2) is 5.79 Å². The lowest BCUT2D eigenvalue weighted by molar-refractivity contribution is -0.141. The highest BCUT2D eigenvalue weighted by Gasteiger charge is 2.48. The Morgan fingerprint density at radius 2 is 1.51 bits per heavy atom. The Labute approximate surface area is 218 Å². The minimum atomic E-state index is -5.72. The molecule has 0 amide bonds. The van der Waals surface area contributed by atoms with Crippen molar-refractivity contribution in [1.82, 2.24) is 0 Å². The number of halogens is 3. The van der Waals surface area contributed by atoms with E-state index in [2.05, 4.69) is 18.0 Å². The lowest BCUT2D eigenvalue weighted by Crippen LogP contribution is -2.28. The highest BCUT2D eigenvalue weighted by Crippen LogP contribution is 2.35. The van der Waals surface area contributed by atoms with Crippen LogP contribution >= 0.6 is 0 Å². The van der Waals surface area contributed by atoms with E-state index >= 15 is 0 Å². The van der Waals surface area contributed by atoms with E-state index in [9.17, 15) is 21.6 Å². The summed E-state index contributed by atoms with van der Waals surface area (Å²) >= 11 is 0. The molecule has 6 nitrogen and oxygen atoms in total. The molecule has 1 saturated heterocycles. The van der Waals surface area contributed by atoms with E-state index in [1.54, 1.807) is 12.1 Å². The van der Waals surface area contributed by atoms with Crippen molar-refractivity contribution in [2.45, 2.75) is 84.6 Å². The van der Waals surface area contributed by atoms with Crippen LogP contribution in [-0.2, 0) is 19.6 Å². The molecule has 0 aliphatic carbocycles. The van der Waals surface area contributed by atoms with E-state index in [0.29, 0.717) is 18.8 Å². The SMILES string of the molecule is CCC.CCC(c1ccc(OCC2COC(C)(C)O2)c(C)c1)c1ccc(OS(=O)(=O)C(F)(F)F)c(C)c1. The first kappa shape index (κ1) is 30.9. The third-order valence-electron chi connectivity index (χ3n) is 5.59. The molecule has 10 heteroatoms. The van der Waals surface area contributed by atoms with Gasteiger partial charge in [-0.2, -0.15) is 21.6 Å². The third kappa shape index (κ3) is 8.35. The predicted molar refractivity (Wildman–Crippen MR) is 136 cm³/mol. The molecular formula is C27H37F3O6S. The van der Waals surface area contributed by atoms with Crippen LogP contribution in [0.2, 0.25) is 0 Å². The van der Waals surface area contributed by atoms with E-state index in [1.165, 1.54) is 19.4 Å². The standard InChI is InChI=1S/C24H29F3O6S.C3H8/c1-6-20(18-8-10-22(16(3)12-18)33-34(28,29)24(25,26)27)17-7-9-21(15(2)11-17)30-13-19-14-31-23(4,5)32-19;1-3-2/h7-12,19-20H,6,13-14H2,1-5H3;3H2,1-2H3. The highest BCUT2D eigenvalue weighted by atomic mass is 32.2. The van der Waals surface area contributed by atoms with Crippen LogP contribution < -0.4 is 8.92 Å². The second-order valence-corrected chi connectivity index (χ2v) is 11.0. The predicted octanol–water partition coefficient (Wildman–Crippen LogP) is 7.02. The Morgan fingerprint density at radius 1 is 1.00 bits per heavy atom.